The largest absolute Gasteiger partial charge is 0.497 e. The second kappa shape index (κ2) is 4.62. The van der Waals surface area contributed by atoms with Crippen LogP contribution in [0.25, 0.3) is 0 Å². The fraction of sp³-hybridized carbons (Fsp3) is 0.455. The zero-order chi connectivity index (χ0) is 10.6. The topological polar surface area (TPSA) is 29.5 Å². The van der Waals surface area contributed by atoms with E-state index in [4.69, 9.17) is 9.84 Å². The van der Waals surface area contributed by atoms with Crippen LogP contribution in [-0.4, -0.2) is 26.9 Å². The predicted octanol–water partition coefficient (Wildman–Crippen LogP) is 1.60. The number of rotatable bonds is 4. The highest BCUT2D eigenvalue weighted by molar-refractivity contribution is 6.89. The minimum Gasteiger partial charge on any atom is -0.497 e. The molecule has 3 heteroatoms. The molecule has 0 spiro atoms. The van der Waals surface area contributed by atoms with Crippen LogP contribution >= 0.6 is 0 Å². The molecule has 0 aliphatic carbocycles. The summed E-state index contributed by atoms with van der Waals surface area (Å²) in [5, 5.41) is 10.3. The van der Waals surface area contributed by atoms with Crippen LogP contribution in [-0.2, 0) is 0 Å². The summed E-state index contributed by atoms with van der Waals surface area (Å²) in [6.45, 7) is 4.82. The summed E-state index contributed by atoms with van der Waals surface area (Å²) >= 11 is 0. The van der Waals surface area contributed by atoms with Crippen molar-refractivity contribution in [3.63, 3.8) is 0 Å². The highest BCUT2D eigenvalue weighted by Gasteiger charge is 2.22. The first-order valence-electron chi connectivity index (χ1n) is 4.85. The van der Waals surface area contributed by atoms with Gasteiger partial charge in [0.15, 0.2) is 0 Å². The van der Waals surface area contributed by atoms with Crippen molar-refractivity contribution in [1.29, 1.82) is 0 Å². The molecule has 2 nitrogen and oxygen atoms in total. The standard InChI is InChI=1S/C11H18O2Si/c1-13-10-4-6-11(7-5-10)14(2,3)9-8-12/h4-7,12H,8-9H2,1-3H3. The Labute approximate surface area is 86.5 Å². The van der Waals surface area contributed by atoms with Crippen LogP contribution in [0.3, 0.4) is 0 Å². The first-order chi connectivity index (χ1) is 6.60. The molecule has 14 heavy (non-hydrogen) atoms. The fourth-order valence-electron chi connectivity index (χ4n) is 1.47. The van der Waals surface area contributed by atoms with E-state index in [0.717, 1.165) is 11.8 Å². The summed E-state index contributed by atoms with van der Waals surface area (Å²) < 4.78 is 5.11. The average Bonchev–Trinajstić information content (AvgIpc) is 2.18. The molecule has 1 aromatic rings. The van der Waals surface area contributed by atoms with E-state index in [2.05, 4.69) is 25.2 Å². The smallest absolute Gasteiger partial charge is 0.118 e. The number of ether oxygens (including phenoxy) is 1. The van der Waals surface area contributed by atoms with Crippen LogP contribution in [0, 0.1) is 0 Å². The van der Waals surface area contributed by atoms with Crippen LogP contribution in [0.5, 0.6) is 5.75 Å². The summed E-state index contributed by atoms with van der Waals surface area (Å²) in [5.41, 5.74) is 0. The van der Waals surface area contributed by atoms with Gasteiger partial charge in [0.25, 0.3) is 0 Å². The molecule has 1 N–H and O–H groups in total. The molecule has 78 valence electrons. The number of hydrogen-bond acceptors (Lipinski definition) is 2. The number of methoxy groups -OCH3 is 1. The zero-order valence-electron chi connectivity index (χ0n) is 9.08. The molecule has 0 unspecified atom stereocenters. The second-order valence-corrected chi connectivity index (χ2v) is 8.93. The second-order valence-electron chi connectivity index (χ2n) is 4.09. The highest BCUT2D eigenvalue weighted by atomic mass is 28.3. The molecule has 1 rings (SSSR count). The van der Waals surface area contributed by atoms with E-state index in [1.807, 2.05) is 12.1 Å². The molecule has 0 radical (unpaired) electrons. The minimum atomic E-state index is -1.42. The predicted molar refractivity (Wildman–Crippen MR) is 62.0 cm³/mol. The zero-order valence-corrected chi connectivity index (χ0v) is 10.1. The third kappa shape index (κ3) is 2.59. The number of aliphatic hydroxyl groups excluding tert-OH is 1. The number of benzene rings is 1. The summed E-state index contributed by atoms with van der Waals surface area (Å²) in [5.74, 6) is 0.891. The van der Waals surface area contributed by atoms with E-state index < -0.39 is 8.07 Å². The molecule has 0 aliphatic heterocycles. The molecular weight excluding hydrogens is 192 g/mol. The summed E-state index contributed by atoms with van der Waals surface area (Å²) in [6, 6.07) is 9.11. The van der Waals surface area contributed by atoms with Crippen molar-refractivity contribution in [2.24, 2.45) is 0 Å². The van der Waals surface area contributed by atoms with Gasteiger partial charge in [-0.1, -0.05) is 30.4 Å². The lowest BCUT2D eigenvalue weighted by Gasteiger charge is -2.21. The van der Waals surface area contributed by atoms with E-state index in [0.29, 0.717) is 0 Å². The van der Waals surface area contributed by atoms with E-state index in [-0.39, 0.29) is 6.61 Å². The molecule has 0 bridgehead atoms. The lowest BCUT2D eigenvalue weighted by molar-refractivity contribution is 0.317. The van der Waals surface area contributed by atoms with Gasteiger partial charge in [-0.15, -0.1) is 0 Å². The lowest BCUT2D eigenvalue weighted by atomic mass is 10.3. The van der Waals surface area contributed by atoms with Gasteiger partial charge in [-0.2, -0.15) is 0 Å². The quantitative estimate of drug-likeness (QED) is 0.765. The molecule has 0 fully saturated rings. The Morgan fingerprint density at radius 2 is 1.79 bits per heavy atom. The van der Waals surface area contributed by atoms with E-state index >= 15 is 0 Å². The maximum atomic E-state index is 8.97. The van der Waals surface area contributed by atoms with Gasteiger partial charge in [-0.05, 0) is 18.2 Å². The van der Waals surface area contributed by atoms with Crippen molar-refractivity contribution in [1.82, 2.24) is 0 Å². The Kier molecular flexibility index (Phi) is 3.72. The Morgan fingerprint density at radius 3 is 2.21 bits per heavy atom. The first-order valence-corrected chi connectivity index (χ1v) is 8.06. The third-order valence-electron chi connectivity index (χ3n) is 2.61. The molecule has 0 saturated carbocycles. The van der Waals surface area contributed by atoms with E-state index in [1.54, 1.807) is 7.11 Å². The molecular formula is C11H18O2Si. The molecule has 0 heterocycles. The van der Waals surface area contributed by atoms with Crippen LogP contribution in [0.2, 0.25) is 19.1 Å². The van der Waals surface area contributed by atoms with Crippen molar-refractivity contribution in [2.45, 2.75) is 19.1 Å². The maximum Gasteiger partial charge on any atom is 0.118 e. The van der Waals surface area contributed by atoms with Gasteiger partial charge in [-0.25, -0.2) is 0 Å². The van der Waals surface area contributed by atoms with Gasteiger partial charge in [0, 0.05) is 6.61 Å². The van der Waals surface area contributed by atoms with Gasteiger partial charge in [0.05, 0.1) is 15.2 Å². The van der Waals surface area contributed by atoms with Crippen LogP contribution < -0.4 is 9.92 Å². The van der Waals surface area contributed by atoms with Crippen LogP contribution in [0.4, 0.5) is 0 Å². The summed E-state index contributed by atoms with van der Waals surface area (Å²) in [7, 11) is 0.251. The van der Waals surface area contributed by atoms with Gasteiger partial charge in [0.2, 0.25) is 0 Å². The molecule has 0 saturated heterocycles. The lowest BCUT2D eigenvalue weighted by Crippen LogP contribution is -2.41. The Morgan fingerprint density at radius 1 is 1.21 bits per heavy atom. The highest BCUT2D eigenvalue weighted by Crippen LogP contribution is 2.12. The number of aliphatic hydroxyl groups is 1. The maximum absolute atomic E-state index is 8.97. The van der Waals surface area contributed by atoms with Crippen LogP contribution in [0.1, 0.15) is 0 Å². The van der Waals surface area contributed by atoms with Gasteiger partial charge >= 0.3 is 0 Å². The van der Waals surface area contributed by atoms with Crippen molar-refractivity contribution >= 4 is 13.3 Å². The molecule has 0 aliphatic rings. The molecule has 0 atom stereocenters. The van der Waals surface area contributed by atoms with Crippen molar-refractivity contribution in [3.05, 3.63) is 24.3 Å². The molecule has 1 aromatic carbocycles. The Hall–Kier alpha value is -0.803. The first kappa shape index (κ1) is 11.3. The van der Waals surface area contributed by atoms with Gasteiger partial charge in [0.1, 0.15) is 5.75 Å². The fourth-order valence-corrected chi connectivity index (χ4v) is 3.38. The SMILES string of the molecule is COc1ccc([Si](C)(C)CCO)cc1. The Balaban J connectivity index is 2.85. The third-order valence-corrected chi connectivity index (χ3v) is 5.98. The van der Waals surface area contributed by atoms with Gasteiger partial charge in [-0.3, -0.25) is 0 Å². The number of hydrogen-bond donors (Lipinski definition) is 1. The summed E-state index contributed by atoms with van der Waals surface area (Å²) in [4.78, 5) is 0. The van der Waals surface area contributed by atoms with Crippen molar-refractivity contribution in [3.8, 4) is 5.75 Å². The van der Waals surface area contributed by atoms with Crippen LogP contribution in [0.15, 0.2) is 24.3 Å². The minimum absolute atomic E-state index is 0.283. The van der Waals surface area contributed by atoms with Crippen molar-refractivity contribution in [2.75, 3.05) is 13.7 Å². The molecule has 0 amide bonds. The Bertz CT molecular complexity index is 280. The normalized spacial score (nSPS) is 11.4. The van der Waals surface area contributed by atoms with E-state index in [1.165, 1.54) is 5.19 Å². The summed E-state index contributed by atoms with van der Waals surface area (Å²) in [6.07, 6.45) is 0. The van der Waals surface area contributed by atoms with Gasteiger partial charge < -0.3 is 9.84 Å². The average molecular weight is 210 g/mol. The monoisotopic (exact) mass is 210 g/mol. The van der Waals surface area contributed by atoms with E-state index in [9.17, 15) is 0 Å². The molecule has 0 aromatic heterocycles. The van der Waals surface area contributed by atoms with Crippen molar-refractivity contribution < 1.29 is 9.84 Å².